The van der Waals surface area contributed by atoms with Crippen LogP contribution in [-0.2, 0) is 28.5 Å². The standard InChI is InChI=1S/C19H23BrFN3O2.C19H24FN3O2.C11H21NO5S.C9H7FN2.CH2Cl2.BHNS.Na.H/c1-19(2,3)26-18(25)23-10-8-15(9-11-23)24-12-22-16(17(24)20)13-4-6-14(21)7-5-13;1-19(2,3)25-18(24)22-10-8-16(9-11-22)23-12-17(21-13-23)14-4-6-15(20)7-5-14;1-11(2,3)16-10(13)12-7-5-9(6-8-12)17-18(4,14)15;10-8-3-1-7(2-4-8)9-5-11-6-12-9;2-1-3;1-2-3;;/h4-7,12,15H,8-11H2,1-3H3;4-7,12-13,16H,8-11H2,1-3H3;9H,5-8H2,1-4H3;1-6H,(H,11,12);1H2;3H;;/q;;;;;;+1;-1. The van der Waals surface area contributed by atoms with Gasteiger partial charge in [0.25, 0.3) is 10.1 Å². The molecule has 3 saturated heterocycles. The number of aromatic amines is 1. The monoisotopic (exact) mass is 1380 g/mol. The fourth-order valence-electron chi connectivity index (χ4n) is 8.79. The molecule has 19 nitrogen and oxygen atoms in total. The Hall–Kier alpha value is -4.93. The first-order valence-corrected chi connectivity index (χ1v) is 31.9. The molecule has 3 aromatic heterocycles. The molecule has 9 rings (SSSR count). The Morgan fingerprint density at radius 1 is 0.670 bits per heavy atom. The number of aromatic nitrogens is 6. The predicted molar refractivity (Wildman–Crippen MR) is 341 cm³/mol. The van der Waals surface area contributed by atoms with Crippen molar-refractivity contribution >= 4 is 88.0 Å². The van der Waals surface area contributed by atoms with Gasteiger partial charge in [0.15, 0.2) is 0 Å². The Balaban J connectivity index is 0.000000401. The van der Waals surface area contributed by atoms with Gasteiger partial charge in [-0.2, -0.15) is 8.42 Å². The summed E-state index contributed by atoms with van der Waals surface area (Å²) in [7, 11) is 0.911. The van der Waals surface area contributed by atoms with Gasteiger partial charge >= 0.3 is 72.6 Å². The largest absolute Gasteiger partial charge is 1.00 e. The van der Waals surface area contributed by atoms with E-state index in [2.05, 4.69) is 69.8 Å². The van der Waals surface area contributed by atoms with Crippen LogP contribution >= 0.6 is 51.9 Å². The number of benzene rings is 3. The number of ether oxygens (including phenoxy) is 3. The Morgan fingerprint density at radius 3 is 1.42 bits per heavy atom. The van der Waals surface area contributed by atoms with E-state index in [1.165, 1.54) is 36.4 Å². The van der Waals surface area contributed by atoms with E-state index in [0.717, 1.165) is 70.3 Å². The minimum atomic E-state index is -3.42. The van der Waals surface area contributed by atoms with Crippen LogP contribution in [-0.4, -0.2) is 152 Å². The van der Waals surface area contributed by atoms with Crippen molar-refractivity contribution in [3.05, 3.63) is 126 Å². The number of piperidine rings is 3. The fourth-order valence-corrected chi connectivity index (χ4v) is 10.2. The number of rotatable bonds is 7. The first-order chi connectivity index (χ1) is 40.8. The number of nitrogens with one attached hydrogen (secondary N) is 1. The van der Waals surface area contributed by atoms with Gasteiger partial charge in [-0.15, -0.1) is 23.2 Å². The van der Waals surface area contributed by atoms with Crippen LogP contribution in [0.25, 0.3) is 33.8 Å². The van der Waals surface area contributed by atoms with Crippen LogP contribution in [0, 0.1) is 17.5 Å². The third-order valence-corrected chi connectivity index (χ3v) is 14.1. The number of amides is 3. The first-order valence-electron chi connectivity index (χ1n) is 27.8. The van der Waals surface area contributed by atoms with E-state index in [1.807, 2.05) is 74.8 Å². The number of H-pyrrole nitrogens is 1. The van der Waals surface area contributed by atoms with Gasteiger partial charge in [-0.1, -0.05) is 0 Å². The summed E-state index contributed by atoms with van der Waals surface area (Å²) in [6, 6.07) is 19.5. The predicted octanol–water partition coefficient (Wildman–Crippen LogP) is 11.6. The molecular formula is C59H79BBrCl2F3N10NaO9S2. The van der Waals surface area contributed by atoms with Crippen molar-refractivity contribution in [2.24, 2.45) is 4.30 Å². The zero-order valence-corrected chi connectivity index (χ0v) is 58.4. The molecular weight excluding hydrogens is 1300 g/mol. The number of alkyl halides is 2. The molecule has 477 valence electrons. The zero-order valence-electron chi connectivity index (χ0n) is 52.6. The number of nitrogens with zero attached hydrogens (tertiary/aromatic N) is 9. The quantitative estimate of drug-likeness (QED) is 0.0503. The van der Waals surface area contributed by atoms with Crippen LogP contribution in [0.2, 0.25) is 0 Å². The maximum atomic E-state index is 13.1. The maximum absolute atomic E-state index is 13.1. The zero-order chi connectivity index (χ0) is 64.7. The summed E-state index contributed by atoms with van der Waals surface area (Å²) >= 11 is 16.3. The van der Waals surface area contributed by atoms with Crippen molar-refractivity contribution in [3.63, 3.8) is 0 Å². The molecule has 0 atom stereocenters. The molecule has 0 saturated carbocycles. The van der Waals surface area contributed by atoms with Gasteiger partial charge < -0.3 is 44.5 Å². The second kappa shape index (κ2) is 36.8. The second-order valence-corrected chi connectivity index (χ2v) is 26.5. The number of thiol groups is 1. The van der Waals surface area contributed by atoms with E-state index in [9.17, 15) is 36.0 Å². The molecule has 6 heterocycles. The molecule has 1 N–H and O–H groups in total. The van der Waals surface area contributed by atoms with Crippen molar-refractivity contribution in [3.8, 4) is 33.8 Å². The van der Waals surface area contributed by atoms with Crippen LogP contribution in [0.5, 0.6) is 0 Å². The minimum absolute atomic E-state index is 0. The number of halogens is 6. The summed E-state index contributed by atoms with van der Waals surface area (Å²) in [6.45, 7) is 20.2. The van der Waals surface area contributed by atoms with Crippen molar-refractivity contribution in [2.75, 3.05) is 50.9 Å². The number of hydrogen-bond acceptors (Lipinski definition) is 14. The van der Waals surface area contributed by atoms with E-state index >= 15 is 0 Å². The smallest absolute Gasteiger partial charge is 1.00 e. The Bertz CT molecular complexity index is 3180. The fraction of sp³-hybridized carbons (Fsp3) is 0.492. The average molecular weight is 1380 g/mol. The van der Waals surface area contributed by atoms with E-state index in [-0.39, 0.29) is 84.2 Å². The van der Waals surface area contributed by atoms with Gasteiger partial charge in [0, 0.05) is 68.7 Å². The summed E-state index contributed by atoms with van der Waals surface area (Å²) < 4.78 is 89.4. The average Bonchev–Trinajstić information content (AvgIpc) is 3.66. The molecule has 3 aliphatic heterocycles. The molecule has 0 spiro atoms. The molecule has 1 radical (unpaired) electrons. The minimum Gasteiger partial charge on any atom is -1.00 e. The molecule has 0 bridgehead atoms. The summed E-state index contributed by atoms with van der Waals surface area (Å²) in [5.74, 6) is -0.741. The molecule has 3 fully saturated rings. The Kier molecular flexibility index (Phi) is 32.3. The van der Waals surface area contributed by atoms with Crippen LogP contribution < -0.4 is 29.6 Å². The van der Waals surface area contributed by atoms with Gasteiger partial charge in [0.2, 0.25) is 0 Å². The first kappa shape index (κ1) is 77.3. The normalized spacial score (nSPS) is 14.8. The number of carbonyl (C=O) groups excluding carboxylic acids is 3. The van der Waals surface area contributed by atoms with Crippen molar-refractivity contribution in [1.82, 2.24) is 43.8 Å². The van der Waals surface area contributed by atoms with Crippen LogP contribution in [0.4, 0.5) is 27.6 Å². The van der Waals surface area contributed by atoms with Crippen LogP contribution in [0.1, 0.15) is 114 Å². The summed E-state index contributed by atoms with van der Waals surface area (Å²) in [4.78, 5) is 56.9. The second-order valence-electron chi connectivity index (χ2n) is 23.1. The molecule has 3 aliphatic rings. The molecule has 0 aliphatic carbocycles. The van der Waals surface area contributed by atoms with E-state index < -0.39 is 26.9 Å². The van der Waals surface area contributed by atoms with Crippen molar-refractivity contribution in [1.29, 1.82) is 0 Å². The van der Waals surface area contributed by atoms with Gasteiger partial charge in [0.05, 0.1) is 54.3 Å². The topological polar surface area (TPSA) is 209 Å². The number of hydrogen-bond donors (Lipinski definition) is 2. The van der Waals surface area contributed by atoms with Gasteiger partial charge in [-0.3, -0.25) is 4.18 Å². The molecule has 3 amide bonds. The van der Waals surface area contributed by atoms with Gasteiger partial charge in [0.1, 0.15) is 44.6 Å². The van der Waals surface area contributed by atoms with Crippen molar-refractivity contribution in [2.45, 2.75) is 136 Å². The Labute approximate surface area is 563 Å². The number of imidazole rings is 3. The van der Waals surface area contributed by atoms with Crippen LogP contribution in [0.15, 0.2) is 113 Å². The van der Waals surface area contributed by atoms with E-state index in [0.29, 0.717) is 58.2 Å². The maximum Gasteiger partial charge on any atom is 1.00 e. The number of carbonyl (C=O) groups is 3. The third-order valence-electron chi connectivity index (χ3n) is 12.7. The summed E-state index contributed by atoms with van der Waals surface area (Å²) in [5.41, 5.74) is 3.75. The molecule has 88 heavy (non-hydrogen) atoms. The Morgan fingerprint density at radius 2 is 1.05 bits per heavy atom. The van der Waals surface area contributed by atoms with E-state index in [4.69, 9.17) is 41.6 Å². The summed E-state index contributed by atoms with van der Waals surface area (Å²) in [5, 5.41) is 0.194. The SMILES string of the molecule is CC(C)(C)OC(=O)N1CCC(OS(C)(=O)=O)CC1.CC(C)(C)OC(=O)N1CCC(n2cnc(-c3ccc(F)cc3)c2)CC1.CC(C)(C)OC(=O)N1CCC(n2cnc(-c3ccc(F)cc3)c2Br)CC1.ClCCl.Fc1ccc(-c2cnc[nH]2)cc1.[B]=NS.[H-].[Na+]. The van der Waals surface area contributed by atoms with Gasteiger partial charge in [-0.05, 0) is 195 Å². The van der Waals surface area contributed by atoms with Crippen molar-refractivity contribution < 1.29 is 85.4 Å². The van der Waals surface area contributed by atoms with Gasteiger partial charge in [-0.25, -0.2) is 42.5 Å². The third kappa shape index (κ3) is 28.1. The molecule has 29 heteroatoms. The molecule has 3 aromatic carbocycles. The van der Waals surface area contributed by atoms with E-state index in [1.54, 1.807) is 69.9 Å². The van der Waals surface area contributed by atoms with Crippen LogP contribution in [0.3, 0.4) is 0 Å². The molecule has 6 aromatic rings. The summed E-state index contributed by atoms with van der Waals surface area (Å²) in [6.07, 6.45) is 13.1. The number of likely N-dealkylation sites (tertiary alicyclic amines) is 3. The molecule has 0 unspecified atom stereocenters.